The molecule has 9 heteroatoms. The summed E-state index contributed by atoms with van der Waals surface area (Å²) in [6.45, 7) is 2.72. The van der Waals surface area contributed by atoms with E-state index in [1.807, 2.05) is 13.1 Å². The van der Waals surface area contributed by atoms with Gasteiger partial charge in [-0.05, 0) is 38.2 Å². The lowest BCUT2D eigenvalue weighted by atomic mass is 9.95. The molecule has 2 fully saturated rings. The molecule has 2 bridgehead atoms. The van der Waals surface area contributed by atoms with Crippen LogP contribution >= 0.6 is 0 Å². The second-order valence-electron chi connectivity index (χ2n) is 8.68. The number of anilines is 1. The molecule has 3 aromatic rings. The second kappa shape index (κ2) is 7.47. The van der Waals surface area contributed by atoms with Crippen molar-refractivity contribution in [2.75, 3.05) is 11.9 Å². The van der Waals surface area contributed by atoms with Gasteiger partial charge in [0.2, 0.25) is 0 Å². The maximum Gasteiger partial charge on any atom is 0.453 e. The van der Waals surface area contributed by atoms with Crippen LogP contribution in [0.5, 0.6) is 0 Å². The molecular formula is C22H25F3N6. The smallest absolute Gasteiger partial charge is 0.356 e. The van der Waals surface area contributed by atoms with E-state index in [0.29, 0.717) is 23.6 Å². The largest absolute Gasteiger partial charge is 0.453 e. The van der Waals surface area contributed by atoms with Crippen LogP contribution in [0.3, 0.4) is 0 Å². The highest BCUT2D eigenvalue weighted by molar-refractivity contribution is 5.48. The van der Waals surface area contributed by atoms with Crippen molar-refractivity contribution in [3.63, 3.8) is 0 Å². The second-order valence-corrected chi connectivity index (χ2v) is 8.68. The van der Waals surface area contributed by atoms with Crippen molar-refractivity contribution in [2.45, 2.75) is 63.5 Å². The molecule has 0 aliphatic carbocycles. The summed E-state index contributed by atoms with van der Waals surface area (Å²) in [6.07, 6.45) is -0.325. The van der Waals surface area contributed by atoms with E-state index in [9.17, 15) is 13.2 Å². The molecule has 0 saturated carbocycles. The van der Waals surface area contributed by atoms with Gasteiger partial charge in [0.25, 0.3) is 11.6 Å². The standard InChI is InChI=1S/C22H25F3N6/c1-14-10-19(31-21(26-14)27-20(28-31)22(23,24)25)29(2)18-11-16-8-9-17(12-18)30(16)13-15-6-4-3-5-7-15/h3-7,10,16-18H,8-9,11-13H2,1-2H3. The minimum absolute atomic E-state index is 0.0151. The molecule has 2 unspecified atom stereocenters. The predicted molar refractivity (Wildman–Crippen MR) is 111 cm³/mol. The molecule has 164 valence electrons. The Morgan fingerprint density at radius 2 is 1.74 bits per heavy atom. The summed E-state index contributed by atoms with van der Waals surface area (Å²) in [6, 6.07) is 13.5. The molecule has 5 rings (SSSR count). The zero-order chi connectivity index (χ0) is 21.8. The molecule has 1 aromatic carbocycles. The third-order valence-electron chi connectivity index (χ3n) is 6.65. The van der Waals surface area contributed by atoms with Crippen LogP contribution in [0.25, 0.3) is 5.78 Å². The molecule has 2 saturated heterocycles. The fourth-order valence-corrected chi connectivity index (χ4v) is 5.14. The van der Waals surface area contributed by atoms with Crippen LogP contribution < -0.4 is 4.90 Å². The molecule has 0 amide bonds. The average molecular weight is 430 g/mol. The van der Waals surface area contributed by atoms with Crippen LogP contribution in [0.1, 0.15) is 42.8 Å². The molecule has 2 aliphatic heterocycles. The molecule has 2 aliphatic rings. The first-order valence-electron chi connectivity index (χ1n) is 10.6. The summed E-state index contributed by atoms with van der Waals surface area (Å²) in [7, 11) is 1.94. The Labute approximate surface area is 178 Å². The zero-order valence-electron chi connectivity index (χ0n) is 17.5. The maximum absolute atomic E-state index is 13.2. The van der Waals surface area contributed by atoms with E-state index in [4.69, 9.17) is 0 Å². The fourth-order valence-electron chi connectivity index (χ4n) is 5.14. The Kier molecular flexibility index (Phi) is 4.88. The van der Waals surface area contributed by atoms with Gasteiger partial charge in [-0.3, -0.25) is 4.90 Å². The van der Waals surface area contributed by atoms with Gasteiger partial charge in [-0.15, -0.1) is 5.10 Å². The van der Waals surface area contributed by atoms with Crippen LogP contribution in [0.4, 0.5) is 19.0 Å². The van der Waals surface area contributed by atoms with Crippen molar-refractivity contribution in [1.29, 1.82) is 0 Å². The van der Waals surface area contributed by atoms with Gasteiger partial charge in [0, 0.05) is 43.5 Å². The topological polar surface area (TPSA) is 49.6 Å². The van der Waals surface area contributed by atoms with Crippen molar-refractivity contribution in [3.05, 3.63) is 53.5 Å². The van der Waals surface area contributed by atoms with Crippen molar-refractivity contribution in [3.8, 4) is 0 Å². The summed E-state index contributed by atoms with van der Waals surface area (Å²) >= 11 is 0. The Morgan fingerprint density at radius 1 is 1.06 bits per heavy atom. The minimum atomic E-state index is -4.60. The van der Waals surface area contributed by atoms with Crippen LogP contribution in [0.15, 0.2) is 36.4 Å². The first-order valence-corrected chi connectivity index (χ1v) is 10.6. The number of hydrogen-bond acceptors (Lipinski definition) is 5. The molecule has 0 spiro atoms. The first kappa shape index (κ1) is 20.2. The maximum atomic E-state index is 13.2. The Balaban J connectivity index is 1.40. The molecule has 2 atom stereocenters. The van der Waals surface area contributed by atoms with Gasteiger partial charge >= 0.3 is 6.18 Å². The van der Waals surface area contributed by atoms with Gasteiger partial charge in [-0.25, -0.2) is 4.98 Å². The summed E-state index contributed by atoms with van der Waals surface area (Å²) in [4.78, 5) is 12.4. The van der Waals surface area contributed by atoms with Crippen LogP contribution in [-0.4, -0.2) is 49.7 Å². The van der Waals surface area contributed by atoms with Crippen LogP contribution in [0, 0.1) is 6.92 Å². The van der Waals surface area contributed by atoms with Crippen molar-refractivity contribution >= 4 is 11.6 Å². The highest BCUT2D eigenvalue weighted by Gasteiger charge is 2.42. The Hall–Kier alpha value is -2.68. The lowest BCUT2D eigenvalue weighted by Crippen LogP contribution is -2.49. The number of piperidine rings is 1. The average Bonchev–Trinajstić information content (AvgIpc) is 3.25. The van der Waals surface area contributed by atoms with Crippen molar-refractivity contribution < 1.29 is 13.2 Å². The minimum Gasteiger partial charge on any atom is -0.356 e. The normalized spacial score (nSPS) is 24.1. The summed E-state index contributed by atoms with van der Waals surface area (Å²) < 4.78 is 40.7. The summed E-state index contributed by atoms with van der Waals surface area (Å²) in [5, 5.41) is 3.73. The first-order chi connectivity index (χ1) is 14.8. The van der Waals surface area contributed by atoms with Gasteiger partial charge in [0.1, 0.15) is 5.82 Å². The molecular weight excluding hydrogens is 405 g/mol. The Bertz CT molecular complexity index is 1070. The van der Waals surface area contributed by atoms with Gasteiger partial charge in [-0.1, -0.05) is 30.3 Å². The lowest BCUT2D eigenvalue weighted by molar-refractivity contribution is -0.144. The number of fused-ring (bicyclic) bond motifs is 3. The van der Waals surface area contributed by atoms with E-state index in [1.54, 1.807) is 13.0 Å². The fraction of sp³-hybridized carbons (Fsp3) is 0.500. The number of nitrogens with zero attached hydrogens (tertiary/aromatic N) is 6. The van der Waals surface area contributed by atoms with E-state index >= 15 is 0 Å². The quantitative estimate of drug-likeness (QED) is 0.624. The predicted octanol–water partition coefficient (Wildman–Crippen LogP) is 4.08. The highest BCUT2D eigenvalue weighted by atomic mass is 19.4. The molecule has 2 aromatic heterocycles. The van der Waals surface area contributed by atoms with Crippen LogP contribution in [-0.2, 0) is 12.7 Å². The lowest BCUT2D eigenvalue weighted by Gasteiger charge is -2.42. The Morgan fingerprint density at radius 3 is 2.39 bits per heavy atom. The van der Waals surface area contributed by atoms with Gasteiger partial charge < -0.3 is 4.90 Å². The number of rotatable bonds is 4. The molecule has 6 nitrogen and oxygen atoms in total. The third kappa shape index (κ3) is 3.75. The number of benzene rings is 1. The van der Waals surface area contributed by atoms with E-state index in [2.05, 4.69) is 49.1 Å². The number of alkyl halides is 3. The molecule has 31 heavy (non-hydrogen) atoms. The number of hydrogen-bond donors (Lipinski definition) is 0. The van der Waals surface area contributed by atoms with Gasteiger partial charge in [0.15, 0.2) is 0 Å². The summed E-state index contributed by atoms with van der Waals surface area (Å²) in [5.74, 6) is -0.567. The van der Waals surface area contributed by atoms with Crippen LogP contribution in [0.2, 0.25) is 0 Å². The molecule has 0 radical (unpaired) electrons. The third-order valence-corrected chi connectivity index (χ3v) is 6.65. The van der Waals surface area contributed by atoms with Crippen molar-refractivity contribution in [1.82, 2.24) is 24.5 Å². The number of aromatic nitrogens is 4. The van der Waals surface area contributed by atoms with Gasteiger partial charge in [0.05, 0.1) is 0 Å². The highest BCUT2D eigenvalue weighted by Crippen LogP contribution is 2.39. The van der Waals surface area contributed by atoms with E-state index in [0.717, 1.165) is 32.2 Å². The van der Waals surface area contributed by atoms with E-state index in [-0.39, 0.29) is 11.8 Å². The molecule has 4 heterocycles. The number of aryl methyl sites for hydroxylation is 1. The zero-order valence-corrected chi connectivity index (χ0v) is 17.5. The van der Waals surface area contributed by atoms with E-state index < -0.39 is 12.0 Å². The molecule has 0 N–H and O–H groups in total. The van der Waals surface area contributed by atoms with Gasteiger partial charge in [-0.2, -0.15) is 22.7 Å². The summed E-state index contributed by atoms with van der Waals surface area (Å²) in [5.41, 5.74) is 1.94. The van der Waals surface area contributed by atoms with E-state index in [1.165, 1.54) is 10.1 Å². The number of halogens is 3. The monoisotopic (exact) mass is 430 g/mol. The van der Waals surface area contributed by atoms with Crippen molar-refractivity contribution in [2.24, 2.45) is 0 Å². The SMILES string of the molecule is Cc1cc(N(C)C2CC3CCC(C2)N3Cc2ccccc2)n2nc(C(F)(F)F)nc2n1.